The zero-order valence-corrected chi connectivity index (χ0v) is 10.9. The molecule has 0 saturated carbocycles. The fourth-order valence-corrected chi connectivity index (χ4v) is 1.47. The molecule has 0 aliphatic heterocycles. The van der Waals surface area contributed by atoms with Crippen LogP contribution in [0.4, 0.5) is 0 Å². The molecule has 1 aromatic heterocycles. The lowest BCUT2D eigenvalue weighted by atomic mass is 10.2. The predicted molar refractivity (Wildman–Crippen MR) is 65.4 cm³/mol. The van der Waals surface area contributed by atoms with Gasteiger partial charge in [0.15, 0.2) is 0 Å². The van der Waals surface area contributed by atoms with Crippen LogP contribution in [0.15, 0.2) is 6.20 Å². The van der Waals surface area contributed by atoms with E-state index in [4.69, 9.17) is 4.74 Å². The predicted octanol–water partition coefficient (Wildman–Crippen LogP) is 1.72. The summed E-state index contributed by atoms with van der Waals surface area (Å²) >= 11 is 0. The highest BCUT2D eigenvalue weighted by atomic mass is 16.5. The van der Waals surface area contributed by atoms with Crippen LogP contribution in [0.2, 0.25) is 0 Å². The van der Waals surface area contributed by atoms with Gasteiger partial charge in [-0.25, -0.2) is 0 Å². The first kappa shape index (κ1) is 13.2. The van der Waals surface area contributed by atoms with E-state index >= 15 is 0 Å². The highest BCUT2D eigenvalue weighted by Crippen LogP contribution is 2.08. The molecule has 92 valence electrons. The van der Waals surface area contributed by atoms with Gasteiger partial charge >= 0.3 is 0 Å². The van der Waals surface area contributed by atoms with Crippen LogP contribution >= 0.6 is 0 Å². The fourth-order valence-electron chi connectivity index (χ4n) is 1.47. The number of rotatable bonds is 6. The maximum Gasteiger partial charge on any atom is 0.0739 e. The molecule has 0 aliphatic carbocycles. The third-order valence-electron chi connectivity index (χ3n) is 2.74. The van der Waals surface area contributed by atoms with Crippen molar-refractivity contribution < 1.29 is 4.74 Å². The van der Waals surface area contributed by atoms with Crippen molar-refractivity contribution in [2.75, 3.05) is 7.11 Å². The minimum atomic E-state index is 0.199. The van der Waals surface area contributed by atoms with Gasteiger partial charge in [0.25, 0.3) is 0 Å². The fraction of sp³-hybridized carbons (Fsp3) is 0.750. The summed E-state index contributed by atoms with van der Waals surface area (Å²) in [5.41, 5.74) is 2.48. The van der Waals surface area contributed by atoms with Crippen molar-refractivity contribution in [3.05, 3.63) is 17.5 Å². The number of nitrogens with one attached hydrogen (secondary N) is 1. The molecule has 0 fully saturated rings. The molecule has 1 heterocycles. The topological polar surface area (TPSA) is 39.1 Å². The average molecular weight is 225 g/mol. The van der Waals surface area contributed by atoms with Gasteiger partial charge in [-0.1, -0.05) is 13.8 Å². The highest BCUT2D eigenvalue weighted by molar-refractivity contribution is 5.15. The maximum atomic E-state index is 5.24. The Labute approximate surface area is 98.0 Å². The summed E-state index contributed by atoms with van der Waals surface area (Å²) in [7, 11) is 1.73. The molecule has 1 atom stereocenters. The van der Waals surface area contributed by atoms with E-state index in [0.717, 1.165) is 13.1 Å². The zero-order chi connectivity index (χ0) is 12.1. The summed E-state index contributed by atoms with van der Waals surface area (Å²) < 4.78 is 7.25. The average Bonchev–Trinajstić information content (AvgIpc) is 2.57. The quantitative estimate of drug-likeness (QED) is 0.801. The second-order valence-corrected chi connectivity index (χ2v) is 4.52. The minimum absolute atomic E-state index is 0.199. The summed E-state index contributed by atoms with van der Waals surface area (Å²) in [5.74, 6) is 0. The summed E-state index contributed by atoms with van der Waals surface area (Å²) in [6, 6.07) is 0.501. The van der Waals surface area contributed by atoms with Crippen molar-refractivity contribution in [2.24, 2.45) is 0 Å². The Morgan fingerprint density at radius 2 is 2.12 bits per heavy atom. The van der Waals surface area contributed by atoms with Crippen molar-refractivity contribution in [1.82, 2.24) is 15.1 Å². The van der Waals surface area contributed by atoms with E-state index in [2.05, 4.69) is 31.2 Å². The standard InChI is InChI=1S/C12H23N3O/c1-9(2)13-6-12-7-14-15(11(12)4)8-10(3)16-5/h7,9-10,13H,6,8H2,1-5H3. The molecule has 0 radical (unpaired) electrons. The molecule has 16 heavy (non-hydrogen) atoms. The van der Waals surface area contributed by atoms with Gasteiger partial charge in [0.05, 0.1) is 18.8 Å². The number of methoxy groups -OCH3 is 1. The van der Waals surface area contributed by atoms with Crippen LogP contribution in [-0.4, -0.2) is 29.0 Å². The molecule has 0 aromatic carbocycles. The van der Waals surface area contributed by atoms with Gasteiger partial charge in [0.1, 0.15) is 0 Å². The van der Waals surface area contributed by atoms with Gasteiger partial charge in [0, 0.05) is 31.0 Å². The molecule has 1 rings (SSSR count). The van der Waals surface area contributed by atoms with Crippen molar-refractivity contribution in [3.63, 3.8) is 0 Å². The monoisotopic (exact) mass is 225 g/mol. The van der Waals surface area contributed by atoms with Crippen LogP contribution in [0.3, 0.4) is 0 Å². The molecule has 0 amide bonds. The molecule has 0 saturated heterocycles. The molecule has 4 heteroatoms. The smallest absolute Gasteiger partial charge is 0.0739 e. The Bertz CT molecular complexity index is 320. The lowest BCUT2D eigenvalue weighted by Gasteiger charge is -2.12. The van der Waals surface area contributed by atoms with Crippen LogP contribution in [0.25, 0.3) is 0 Å². The van der Waals surface area contributed by atoms with Crippen LogP contribution in [0, 0.1) is 6.92 Å². The maximum absolute atomic E-state index is 5.24. The van der Waals surface area contributed by atoms with Gasteiger partial charge in [0.2, 0.25) is 0 Å². The summed E-state index contributed by atoms with van der Waals surface area (Å²) in [5, 5.41) is 7.78. The first-order valence-corrected chi connectivity index (χ1v) is 5.82. The molecule has 0 bridgehead atoms. The van der Waals surface area contributed by atoms with Crippen LogP contribution < -0.4 is 5.32 Å². The van der Waals surface area contributed by atoms with Crippen molar-refractivity contribution in [2.45, 2.75) is 52.9 Å². The van der Waals surface area contributed by atoms with E-state index in [1.165, 1.54) is 11.3 Å². The first-order valence-electron chi connectivity index (χ1n) is 5.82. The number of ether oxygens (including phenoxy) is 1. The second-order valence-electron chi connectivity index (χ2n) is 4.52. The number of hydrogen-bond donors (Lipinski definition) is 1. The normalized spacial score (nSPS) is 13.4. The SMILES string of the molecule is COC(C)Cn1ncc(CNC(C)C)c1C. The van der Waals surface area contributed by atoms with Crippen LogP contribution in [0.5, 0.6) is 0 Å². The molecule has 1 aromatic rings. The van der Waals surface area contributed by atoms with Gasteiger partial charge in [-0.2, -0.15) is 5.10 Å². The number of hydrogen-bond acceptors (Lipinski definition) is 3. The first-order chi connectivity index (χ1) is 7.54. The Morgan fingerprint density at radius 3 is 2.69 bits per heavy atom. The summed E-state index contributed by atoms with van der Waals surface area (Å²) in [6.45, 7) is 10.1. The number of nitrogens with zero attached hydrogens (tertiary/aromatic N) is 2. The molecular weight excluding hydrogens is 202 g/mol. The van der Waals surface area contributed by atoms with Gasteiger partial charge < -0.3 is 10.1 Å². The second kappa shape index (κ2) is 6.01. The van der Waals surface area contributed by atoms with E-state index in [0.29, 0.717) is 6.04 Å². The molecule has 1 unspecified atom stereocenters. The van der Waals surface area contributed by atoms with E-state index in [1.807, 2.05) is 17.8 Å². The number of aromatic nitrogens is 2. The van der Waals surface area contributed by atoms with Gasteiger partial charge in [-0.15, -0.1) is 0 Å². The molecule has 0 spiro atoms. The van der Waals surface area contributed by atoms with Gasteiger partial charge in [-0.3, -0.25) is 4.68 Å². The van der Waals surface area contributed by atoms with Gasteiger partial charge in [-0.05, 0) is 13.8 Å². The van der Waals surface area contributed by atoms with Crippen LogP contribution in [-0.2, 0) is 17.8 Å². The molecule has 4 nitrogen and oxygen atoms in total. The van der Waals surface area contributed by atoms with E-state index < -0.39 is 0 Å². The largest absolute Gasteiger partial charge is 0.380 e. The lowest BCUT2D eigenvalue weighted by Crippen LogP contribution is -2.22. The minimum Gasteiger partial charge on any atom is -0.380 e. The molecule has 0 aliphatic rings. The van der Waals surface area contributed by atoms with Crippen molar-refractivity contribution in [1.29, 1.82) is 0 Å². The Hall–Kier alpha value is -0.870. The Kier molecular flexibility index (Phi) is 4.96. The summed E-state index contributed by atoms with van der Waals surface area (Å²) in [4.78, 5) is 0. The Morgan fingerprint density at radius 1 is 1.44 bits per heavy atom. The Balaban J connectivity index is 2.61. The molecule has 1 N–H and O–H groups in total. The van der Waals surface area contributed by atoms with Crippen LogP contribution in [0.1, 0.15) is 32.0 Å². The van der Waals surface area contributed by atoms with E-state index in [1.54, 1.807) is 7.11 Å². The summed E-state index contributed by atoms with van der Waals surface area (Å²) in [6.07, 6.45) is 2.14. The molecular formula is C12H23N3O. The zero-order valence-electron chi connectivity index (χ0n) is 10.9. The van der Waals surface area contributed by atoms with Crippen molar-refractivity contribution >= 4 is 0 Å². The van der Waals surface area contributed by atoms with E-state index in [-0.39, 0.29) is 6.10 Å². The highest BCUT2D eigenvalue weighted by Gasteiger charge is 2.09. The third-order valence-corrected chi connectivity index (χ3v) is 2.74. The van der Waals surface area contributed by atoms with E-state index in [9.17, 15) is 0 Å². The lowest BCUT2D eigenvalue weighted by molar-refractivity contribution is 0.0992. The van der Waals surface area contributed by atoms with Crippen molar-refractivity contribution in [3.8, 4) is 0 Å². The third kappa shape index (κ3) is 3.61.